The van der Waals surface area contributed by atoms with Crippen LogP contribution in [0.5, 0.6) is 5.75 Å². The SMILES string of the molecule is Cc1onc(C(=O)Nc2nn(Cc3ccccc3Cl)cc2Br)c1COc1ccccc1Cl. The van der Waals surface area contributed by atoms with Gasteiger partial charge in [-0.15, -0.1) is 0 Å². The monoisotopic (exact) mass is 534 g/mol. The molecule has 0 unspecified atom stereocenters. The third kappa shape index (κ3) is 4.98. The second-order valence-corrected chi connectivity index (χ2v) is 8.52. The Morgan fingerprint density at radius 2 is 1.88 bits per heavy atom. The maximum Gasteiger partial charge on any atom is 0.279 e. The molecular formula is C22H17BrCl2N4O3. The number of amides is 1. The molecule has 0 fully saturated rings. The molecule has 7 nitrogen and oxygen atoms in total. The summed E-state index contributed by atoms with van der Waals surface area (Å²) in [4.78, 5) is 12.9. The number of hydrogen-bond donors (Lipinski definition) is 1. The van der Waals surface area contributed by atoms with E-state index in [0.29, 0.717) is 44.0 Å². The van der Waals surface area contributed by atoms with Crippen molar-refractivity contribution in [2.45, 2.75) is 20.1 Å². The van der Waals surface area contributed by atoms with Crippen LogP contribution in [-0.2, 0) is 13.2 Å². The number of benzene rings is 2. The van der Waals surface area contributed by atoms with E-state index >= 15 is 0 Å². The van der Waals surface area contributed by atoms with E-state index in [1.165, 1.54) is 0 Å². The van der Waals surface area contributed by atoms with Gasteiger partial charge in [0.1, 0.15) is 18.1 Å². The summed E-state index contributed by atoms with van der Waals surface area (Å²) in [5.74, 6) is 0.858. The number of ether oxygens (including phenoxy) is 1. The van der Waals surface area contributed by atoms with Crippen LogP contribution in [0.1, 0.15) is 27.4 Å². The highest BCUT2D eigenvalue weighted by Crippen LogP contribution is 2.27. The van der Waals surface area contributed by atoms with E-state index in [2.05, 4.69) is 31.5 Å². The first-order valence-corrected chi connectivity index (χ1v) is 11.1. The Hall–Kier alpha value is -2.81. The fourth-order valence-corrected chi connectivity index (χ4v) is 3.78. The first kappa shape index (κ1) is 22.4. The first-order valence-electron chi connectivity index (χ1n) is 9.52. The van der Waals surface area contributed by atoms with Crippen molar-refractivity contribution in [2.24, 2.45) is 0 Å². The first-order chi connectivity index (χ1) is 15.4. The largest absolute Gasteiger partial charge is 0.487 e. The molecule has 4 aromatic rings. The number of nitrogens with one attached hydrogen (secondary N) is 1. The van der Waals surface area contributed by atoms with Crippen molar-refractivity contribution in [1.29, 1.82) is 0 Å². The minimum Gasteiger partial charge on any atom is -0.487 e. The molecule has 164 valence electrons. The van der Waals surface area contributed by atoms with Gasteiger partial charge in [0.05, 0.1) is 21.6 Å². The molecule has 1 N–H and O–H groups in total. The summed E-state index contributed by atoms with van der Waals surface area (Å²) in [5.41, 5.74) is 1.55. The molecule has 10 heteroatoms. The van der Waals surface area contributed by atoms with Crippen molar-refractivity contribution >= 4 is 50.9 Å². The van der Waals surface area contributed by atoms with Crippen LogP contribution in [-0.4, -0.2) is 20.8 Å². The van der Waals surface area contributed by atoms with Gasteiger partial charge in [0.2, 0.25) is 0 Å². The summed E-state index contributed by atoms with van der Waals surface area (Å²) in [5, 5.41) is 12.2. The van der Waals surface area contributed by atoms with Crippen LogP contribution in [0.2, 0.25) is 10.0 Å². The Balaban J connectivity index is 1.48. The second kappa shape index (κ2) is 9.77. The highest BCUT2D eigenvalue weighted by molar-refractivity contribution is 9.10. The number of halogens is 3. The van der Waals surface area contributed by atoms with Gasteiger partial charge in [-0.05, 0) is 46.6 Å². The van der Waals surface area contributed by atoms with Crippen molar-refractivity contribution in [1.82, 2.24) is 14.9 Å². The summed E-state index contributed by atoms with van der Waals surface area (Å²) < 4.78 is 13.3. The Kier molecular flexibility index (Phi) is 6.83. The molecule has 0 aliphatic rings. The predicted octanol–water partition coefficient (Wildman–Crippen LogP) is 6.13. The summed E-state index contributed by atoms with van der Waals surface area (Å²) in [6, 6.07) is 14.6. The number of anilines is 1. The lowest BCUT2D eigenvalue weighted by Crippen LogP contribution is -2.16. The van der Waals surface area contributed by atoms with Gasteiger partial charge in [0.25, 0.3) is 5.91 Å². The van der Waals surface area contributed by atoms with Crippen LogP contribution in [0.3, 0.4) is 0 Å². The Morgan fingerprint density at radius 3 is 2.62 bits per heavy atom. The lowest BCUT2D eigenvalue weighted by atomic mass is 10.2. The molecule has 0 spiro atoms. The Labute approximate surface area is 202 Å². The van der Waals surface area contributed by atoms with Gasteiger partial charge in [0.15, 0.2) is 11.5 Å². The number of rotatable bonds is 7. The van der Waals surface area contributed by atoms with Crippen molar-refractivity contribution in [2.75, 3.05) is 5.32 Å². The second-order valence-electron chi connectivity index (χ2n) is 6.85. The van der Waals surface area contributed by atoms with E-state index in [9.17, 15) is 4.79 Å². The third-order valence-corrected chi connectivity index (χ3v) is 5.91. The molecule has 0 saturated heterocycles. The summed E-state index contributed by atoms with van der Waals surface area (Å²) in [7, 11) is 0. The normalized spacial score (nSPS) is 10.9. The topological polar surface area (TPSA) is 82.2 Å². The molecule has 0 atom stereocenters. The Morgan fingerprint density at radius 1 is 1.16 bits per heavy atom. The molecule has 1 amide bonds. The van der Waals surface area contributed by atoms with Crippen LogP contribution >= 0.6 is 39.1 Å². The number of carbonyl (C=O) groups excluding carboxylic acids is 1. The molecule has 2 aromatic carbocycles. The molecule has 0 aliphatic carbocycles. The average Bonchev–Trinajstić information content (AvgIpc) is 3.31. The van der Waals surface area contributed by atoms with Crippen LogP contribution in [0.25, 0.3) is 0 Å². The minimum absolute atomic E-state index is 0.0733. The third-order valence-electron chi connectivity index (χ3n) is 4.65. The van der Waals surface area contributed by atoms with E-state index in [4.69, 9.17) is 32.5 Å². The zero-order valence-electron chi connectivity index (χ0n) is 16.8. The highest BCUT2D eigenvalue weighted by atomic mass is 79.9. The van der Waals surface area contributed by atoms with E-state index in [0.717, 1.165) is 5.56 Å². The van der Waals surface area contributed by atoms with E-state index in [1.807, 2.05) is 36.4 Å². The molecule has 4 rings (SSSR count). The van der Waals surface area contributed by atoms with Crippen LogP contribution in [0, 0.1) is 6.92 Å². The number of nitrogens with zero attached hydrogens (tertiary/aromatic N) is 3. The predicted molar refractivity (Wildman–Crippen MR) is 125 cm³/mol. The average molecular weight is 536 g/mol. The number of aromatic nitrogens is 3. The van der Waals surface area contributed by atoms with Crippen molar-refractivity contribution in [3.63, 3.8) is 0 Å². The molecule has 0 saturated carbocycles. The van der Waals surface area contributed by atoms with Gasteiger partial charge < -0.3 is 14.6 Å². The lowest BCUT2D eigenvalue weighted by molar-refractivity contribution is 0.101. The van der Waals surface area contributed by atoms with Crippen LogP contribution in [0.4, 0.5) is 5.82 Å². The van der Waals surface area contributed by atoms with E-state index < -0.39 is 5.91 Å². The number of hydrogen-bond acceptors (Lipinski definition) is 5. The zero-order chi connectivity index (χ0) is 22.7. The summed E-state index contributed by atoms with van der Waals surface area (Å²) in [6.45, 7) is 2.24. The maximum atomic E-state index is 12.9. The van der Waals surface area contributed by atoms with Crippen molar-refractivity contribution in [3.05, 3.63) is 91.8 Å². The quantitative estimate of drug-likeness (QED) is 0.308. The molecular weight excluding hydrogens is 519 g/mol. The molecule has 0 aliphatic heterocycles. The molecule has 0 radical (unpaired) electrons. The molecule has 2 aromatic heterocycles. The molecule has 2 heterocycles. The number of para-hydroxylation sites is 1. The van der Waals surface area contributed by atoms with Gasteiger partial charge in [-0.25, -0.2) is 0 Å². The number of aryl methyl sites for hydroxylation is 1. The smallest absolute Gasteiger partial charge is 0.279 e. The highest BCUT2D eigenvalue weighted by Gasteiger charge is 2.22. The van der Waals surface area contributed by atoms with Crippen molar-refractivity contribution in [3.8, 4) is 5.75 Å². The van der Waals surface area contributed by atoms with Gasteiger partial charge in [-0.3, -0.25) is 9.48 Å². The fourth-order valence-electron chi connectivity index (χ4n) is 2.98. The van der Waals surface area contributed by atoms with Gasteiger partial charge in [-0.1, -0.05) is 58.7 Å². The fraction of sp³-hybridized carbons (Fsp3) is 0.136. The van der Waals surface area contributed by atoms with Gasteiger partial charge in [-0.2, -0.15) is 5.10 Å². The maximum absolute atomic E-state index is 12.9. The summed E-state index contributed by atoms with van der Waals surface area (Å²) >= 11 is 15.8. The zero-order valence-corrected chi connectivity index (χ0v) is 19.9. The molecule has 0 bridgehead atoms. The molecule has 32 heavy (non-hydrogen) atoms. The summed E-state index contributed by atoms with van der Waals surface area (Å²) in [6.07, 6.45) is 1.76. The van der Waals surface area contributed by atoms with Gasteiger partial charge >= 0.3 is 0 Å². The number of carbonyl (C=O) groups is 1. The Bertz CT molecular complexity index is 1270. The van der Waals surface area contributed by atoms with Crippen molar-refractivity contribution < 1.29 is 14.1 Å². The van der Waals surface area contributed by atoms with E-state index in [1.54, 1.807) is 29.9 Å². The standard InChI is InChI=1S/C22H17BrCl2N4O3/c1-13-15(12-31-19-9-5-4-8-18(19)25)20(28-32-13)22(30)26-21-16(23)11-29(27-21)10-14-6-2-3-7-17(14)24/h2-9,11H,10,12H2,1H3,(H,26,27,30). The van der Waals surface area contributed by atoms with Gasteiger partial charge in [0, 0.05) is 11.2 Å². The van der Waals surface area contributed by atoms with Crippen LogP contribution in [0.15, 0.2) is 63.7 Å². The minimum atomic E-state index is -0.469. The lowest BCUT2D eigenvalue weighted by Gasteiger charge is -2.08. The van der Waals surface area contributed by atoms with E-state index in [-0.39, 0.29) is 12.3 Å². The van der Waals surface area contributed by atoms with Crippen LogP contribution < -0.4 is 10.1 Å².